The molecule has 0 aromatic heterocycles. The Kier molecular flexibility index (Phi) is 9.03. The van der Waals surface area contributed by atoms with Crippen LogP contribution in [0.25, 0.3) is 0 Å². The third-order valence-electron chi connectivity index (χ3n) is 2.26. The van der Waals surface area contributed by atoms with Crippen LogP contribution in [0.5, 0.6) is 0 Å². The fourth-order valence-electron chi connectivity index (χ4n) is 1.40. The molecule has 0 aliphatic rings. The molecule has 0 aliphatic heterocycles. The first-order valence-corrected chi connectivity index (χ1v) is 6.18. The van der Waals surface area contributed by atoms with Crippen LogP contribution in [-0.4, -0.2) is 51.1 Å². The first-order valence-electron chi connectivity index (χ1n) is 6.18. The number of likely N-dealkylation sites (N-methyl/N-ethyl adjacent to an activating group) is 1. The van der Waals surface area contributed by atoms with Crippen molar-refractivity contribution in [1.82, 2.24) is 5.32 Å². The summed E-state index contributed by atoms with van der Waals surface area (Å²) in [6.45, 7) is 10.5. The summed E-state index contributed by atoms with van der Waals surface area (Å²) in [5, 5.41) is 3.09. The highest BCUT2D eigenvalue weighted by atomic mass is 16.5. The summed E-state index contributed by atoms with van der Waals surface area (Å²) in [6, 6.07) is 0. The van der Waals surface area contributed by atoms with E-state index in [0.29, 0.717) is 33.0 Å². The van der Waals surface area contributed by atoms with Crippen molar-refractivity contribution in [2.75, 3.05) is 39.6 Å². The highest BCUT2D eigenvalue weighted by Gasteiger charge is 2.34. The second-order valence-electron chi connectivity index (χ2n) is 3.83. The Morgan fingerprint density at radius 3 is 2.29 bits per heavy atom. The summed E-state index contributed by atoms with van der Waals surface area (Å²) in [4.78, 5) is 11.8. The van der Waals surface area contributed by atoms with Gasteiger partial charge in [0.05, 0.1) is 26.4 Å². The SMILES string of the molecule is CCNC(C)(COCCOCC)C(=O)OCC. The van der Waals surface area contributed by atoms with E-state index in [1.807, 2.05) is 13.8 Å². The van der Waals surface area contributed by atoms with E-state index in [2.05, 4.69) is 5.32 Å². The van der Waals surface area contributed by atoms with Crippen molar-refractivity contribution in [2.45, 2.75) is 33.2 Å². The van der Waals surface area contributed by atoms with Gasteiger partial charge in [-0.15, -0.1) is 0 Å². The minimum absolute atomic E-state index is 0.279. The molecule has 0 spiro atoms. The van der Waals surface area contributed by atoms with Gasteiger partial charge in [0.15, 0.2) is 0 Å². The number of nitrogens with one attached hydrogen (secondary N) is 1. The largest absolute Gasteiger partial charge is 0.465 e. The van der Waals surface area contributed by atoms with Gasteiger partial charge in [-0.05, 0) is 27.3 Å². The Balaban J connectivity index is 4.07. The molecule has 17 heavy (non-hydrogen) atoms. The van der Waals surface area contributed by atoms with Gasteiger partial charge in [0.2, 0.25) is 0 Å². The predicted molar refractivity (Wildman–Crippen MR) is 66.0 cm³/mol. The van der Waals surface area contributed by atoms with Crippen LogP contribution in [0.4, 0.5) is 0 Å². The average molecular weight is 247 g/mol. The van der Waals surface area contributed by atoms with E-state index < -0.39 is 5.54 Å². The molecule has 5 heteroatoms. The lowest BCUT2D eigenvalue weighted by Gasteiger charge is -2.27. The van der Waals surface area contributed by atoms with Crippen LogP contribution in [0.2, 0.25) is 0 Å². The lowest BCUT2D eigenvalue weighted by atomic mass is 10.0. The van der Waals surface area contributed by atoms with Crippen LogP contribution in [0, 0.1) is 0 Å². The van der Waals surface area contributed by atoms with E-state index in [1.165, 1.54) is 0 Å². The van der Waals surface area contributed by atoms with Crippen LogP contribution in [0.3, 0.4) is 0 Å². The number of carbonyl (C=O) groups excluding carboxylic acids is 1. The monoisotopic (exact) mass is 247 g/mol. The van der Waals surface area contributed by atoms with Gasteiger partial charge in [-0.3, -0.25) is 0 Å². The van der Waals surface area contributed by atoms with Gasteiger partial charge >= 0.3 is 5.97 Å². The van der Waals surface area contributed by atoms with Crippen molar-refractivity contribution in [2.24, 2.45) is 0 Å². The first kappa shape index (κ1) is 16.4. The molecule has 0 heterocycles. The van der Waals surface area contributed by atoms with E-state index in [0.717, 1.165) is 0 Å². The molecule has 0 radical (unpaired) electrons. The average Bonchev–Trinajstić information content (AvgIpc) is 2.29. The first-order chi connectivity index (χ1) is 8.10. The van der Waals surface area contributed by atoms with E-state index in [9.17, 15) is 4.79 Å². The van der Waals surface area contributed by atoms with Crippen LogP contribution < -0.4 is 5.32 Å². The Labute approximate surface area is 104 Å². The van der Waals surface area contributed by atoms with Crippen molar-refractivity contribution in [1.29, 1.82) is 0 Å². The van der Waals surface area contributed by atoms with E-state index in [1.54, 1.807) is 13.8 Å². The number of ether oxygens (including phenoxy) is 3. The Morgan fingerprint density at radius 1 is 1.12 bits per heavy atom. The molecule has 0 fully saturated rings. The number of hydrogen-bond donors (Lipinski definition) is 1. The van der Waals surface area contributed by atoms with Crippen molar-refractivity contribution >= 4 is 5.97 Å². The molecule has 0 bridgehead atoms. The van der Waals surface area contributed by atoms with Gasteiger partial charge in [-0.2, -0.15) is 0 Å². The van der Waals surface area contributed by atoms with Crippen molar-refractivity contribution in [3.63, 3.8) is 0 Å². The van der Waals surface area contributed by atoms with E-state index in [-0.39, 0.29) is 12.6 Å². The lowest BCUT2D eigenvalue weighted by Crippen LogP contribution is -2.54. The van der Waals surface area contributed by atoms with Crippen molar-refractivity contribution in [3.05, 3.63) is 0 Å². The fourth-order valence-corrected chi connectivity index (χ4v) is 1.40. The molecule has 0 rings (SSSR count). The number of esters is 1. The van der Waals surface area contributed by atoms with E-state index in [4.69, 9.17) is 14.2 Å². The highest BCUT2D eigenvalue weighted by molar-refractivity contribution is 5.80. The van der Waals surface area contributed by atoms with Gasteiger partial charge < -0.3 is 19.5 Å². The summed E-state index contributed by atoms with van der Waals surface area (Å²) in [6.07, 6.45) is 0. The normalized spacial score (nSPS) is 14.4. The van der Waals surface area contributed by atoms with Crippen LogP contribution in [0.1, 0.15) is 27.7 Å². The molecule has 5 nitrogen and oxygen atoms in total. The molecule has 0 aliphatic carbocycles. The molecule has 0 saturated heterocycles. The molecular formula is C12H25NO4. The molecule has 0 aromatic rings. The standard InChI is InChI=1S/C12H25NO4/c1-5-13-12(4,11(14)17-7-3)10-16-9-8-15-6-2/h13H,5-10H2,1-4H3. The van der Waals surface area contributed by atoms with Crippen LogP contribution in [-0.2, 0) is 19.0 Å². The zero-order valence-electron chi connectivity index (χ0n) is 11.4. The summed E-state index contributed by atoms with van der Waals surface area (Å²) in [5.41, 5.74) is -0.781. The number of rotatable bonds is 10. The maximum absolute atomic E-state index is 11.8. The maximum atomic E-state index is 11.8. The minimum atomic E-state index is -0.781. The molecule has 1 unspecified atom stereocenters. The fraction of sp³-hybridized carbons (Fsp3) is 0.917. The van der Waals surface area contributed by atoms with Gasteiger partial charge in [0.1, 0.15) is 5.54 Å². The Morgan fingerprint density at radius 2 is 1.76 bits per heavy atom. The van der Waals surface area contributed by atoms with E-state index >= 15 is 0 Å². The summed E-state index contributed by atoms with van der Waals surface area (Å²) >= 11 is 0. The second kappa shape index (κ2) is 9.39. The lowest BCUT2D eigenvalue weighted by molar-refractivity contribution is -0.153. The highest BCUT2D eigenvalue weighted by Crippen LogP contribution is 2.07. The quantitative estimate of drug-likeness (QED) is 0.460. The Hall–Kier alpha value is -0.650. The molecule has 0 amide bonds. The Bertz CT molecular complexity index is 211. The molecule has 0 aromatic carbocycles. The smallest absolute Gasteiger partial charge is 0.328 e. The molecule has 102 valence electrons. The second-order valence-corrected chi connectivity index (χ2v) is 3.83. The summed E-state index contributed by atoms with van der Waals surface area (Å²) in [5.74, 6) is -0.279. The van der Waals surface area contributed by atoms with Gasteiger partial charge in [0, 0.05) is 6.61 Å². The van der Waals surface area contributed by atoms with Crippen LogP contribution in [0.15, 0.2) is 0 Å². The van der Waals surface area contributed by atoms with Gasteiger partial charge in [-0.1, -0.05) is 6.92 Å². The maximum Gasteiger partial charge on any atom is 0.328 e. The van der Waals surface area contributed by atoms with Crippen LogP contribution >= 0.6 is 0 Å². The molecule has 1 atom stereocenters. The molecule has 1 N–H and O–H groups in total. The minimum Gasteiger partial charge on any atom is -0.465 e. The molecule has 0 saturated carbocycles. The number of hydrogen-bond acceptors (Lipinski definition) is 5. The van der Waals surface area contributed by atoms with Gasteiger partial charge in [0.25, 0.3) is 0 Å². The summed E-state index contributed by atoms with van der Waals surface area (Å²) in [7, 11) is 0. The molecular weight excluding hydrogens is 222 g/mol. The predicted octanol–water partition coefficient (Wildman–Crippen LogP) is 0.971. The van der Waals surface area contributed by atoms with Crippen molar-refractivity contribution in [3.8, 4) is 0 Å². The number of carbonyl (C=O) groups is 1. The zero-order valence-corrected chi connectivity index (χ0v) is 11.4. The third-order valence-corrected chi connectivity index (χ3v) is 2.26. The van der Waals surface area contributed by atoms with Gasteiger partial charge in [-0.25, -0.2) is 4.79 Å². The third kappa shape index (κ3) is 6.61. The topological polar surface area (TPSA) is 56.8 Å². The van der Waals surface area contributed by atoms with Crippen molar-refractivity contribution < 1.29 is 19.0 Å². The zero-order chi connectivity index (χ0) is 13.1. The summed E-state index contributed by atoms with van der Waals surface area (Å²) < 4.78 is 15.6.